The van der Waals surface area contributed by atoms with E-state index < -0.39 is 0 Å². The lowest BCUT2D eigenvalue weighted by Crippen LogP contribution is -2.38. The molecule has 1 spiro atoms. The molecule has 2 fully saturated rings. The zero-order valence-electron chi connectivity index (χ0n) is 9.82. The summed E-state index contributed by atoms with van der Waals surface area (Å²) < 4.78 is 0. The van der Waals surface area contributed by atoms with Crippen LogP contribution in [0.2, 0.25) is 5.02 Å². The molecule has 0 amide bonds. The number of aromatic nitrogens is 1. The van der Waals surface area contributed by atoms with Gasteiger partial charge in [-0.05, 0) is 43.2 Å². The Bertz CT molecular complexity index is 386. The highest BCUT2D eigenvalue weighted by molar-refractivity contribution is 6.30. The maximum absolute atomic E-state index is 5.80. The van der Waals surface area contributed by atoms with E-state index in [0.717, 1.165) is 18.9 Å². The van der Waals surface area contributed by atoms with E-state index in [1.165, 1.54) is 25.7 Å². The van der Waals surface area contributed by atoms with Crippen LogP contribution in [0.3, 0.4) is 0 Å². The van der Waals surface area contributed by atoms with Gasteiger partial charge < -0.3 is 5.32 Å². The molecule has 17 heavy (non-hydrogen) atoms. The van der Waals surface area contributed by atoms with Gasteiger partial charge in [0.1, 0.15) is 5.82 Å². The van der Waals surface area contributed by atoms with Crippen LogP contribution in [0.1, 0.15) is 25.7 Å². The van der Waals surface area contributed by atoms with Crippen molar-refractivity contribution in [2.75, 3.05) is 18.4 Å². The van der Waals surface area contributed by atoms with Crippen molar-refractivity contribution < 1.29 is 0 Å². The lowest BCUT2D eigenvalue weighted by molar-refractivity contribution is 0.285. The molecule has 3 nitrogen and oxygen atoms in total. The number of rotatable bonds is 3. The van der Waals surface area contributed by atoms with E-state index in [1.54, 1.807) is 6.20 Å². The summed E-state index contributed by atoms with van der Waals surface area (Å²) >= 11 is 5.80. The van der Waals surface area contributed by atoms with Crippen molar-refractivity contribution in [3.63, 3.8) is 0 Å². The van der Waals surface area contributed by atoms with Gasteiger partial charge in [-0.2, -0.15) is 0 Å². The fourth-order valence-electron chi connectivity index (χ4n) is 2.62. The van der Waals surface area contributed by atoms with E-state index in [2.05, 4.69) is 15.6 Å². The largest absolute Gasteiger partial charge is 0.368 e. The van der Waals surface area contributed by atoms with Crippen LogP contribution in [0.4, 0.5) is 5.82 Å². The monoisotopic (exact) mass is 250 g/mol. The van der Waals surface area contributed by atoms with E-state index in [9.17, 15) is 0 Å². The topological polar surface area (TPSA) is 39.0 Å². The molecule has 1 aromatic heterocycles. The van der Waals surface area contributed by atoms with E-state index in [0.29, 0.717) is 16.5 Å². The third-order valence-electron chi connectivity index (χ3n) is 3.90. The molecule has 1 saturated heterocycles. The second kappa shape index (κ2) is 4.46. The van der Waals surface area contributed by atoms with Crippen LogP contribution >= 0.6 is 11.6 Å². The second-order valence-electron chi connectivity index (χ2n) is 5.26. The highest BCUT2D eigenvalue weighted by Gasteiger charge is 2.45. The van der Waals surface area contributed by atoms with Gasteiger partial charge in [-0.25, -0.2) is 10.3 Å². The lowest BCUT2D eigenvalue weighted by atomic mass is 9.89. The van der Waals surface area contributed by atoms with E-state index in [4.69, 9.17) is 11.6 Å². The number of pyridine rings is 1. The first-order chi connectivity index (χ1) is 8.26. The molecule has 2 heterocycles. The van der Waals surface area contributed by atoms with Crippen molar-refractivity contribution in [2.45, 2.75) is 31.7 Å². The Labute approximate surface area is 107 Å². The van der Waals surface area contributed by atoms with Crippen LogP contribution < -0.4 is 10.6 Å². The van der Waals surface area contributed by atoms with Gasteiger partial charge in [0, 0.05) is 25.3 Å². The fourth-order valence-corrected chi connectivity index (χ4v) is 2.73. The second-order valence-corrected chi connectivity index (χ2v) is 5.69. The summed E-state index contributed by atoms with van der Waals surface area (Å²) in [6.07, 6.45) is 7.07. The number of anilines is 1. The summed E-state index contributed by atoms with van der Waals surface area (Å²) in [6.45, 7) is 1.94. The Balaban J connectivity index is 1.52. The van der Waals surface area contributed by atoms with E-state index in [-0.39, 0.29) is 0 Å². The molecule has 3 rings (SSSR count). The lowest BCUT2D eigenvalue weighted by Gasteiger charge is -2.29. The highest BCUT2D eigenvalue weighted by Crippen LogP contribution is 2.53. The van der Waals surface area contributed by atoms with Gasteiger partial charge in [-0.3, -0.25) is 0 Å². The summed E-state index contributed by atoms with van der Waals surface area (Å²) in [5, 5.41) is 8.70. The molecule has 2 aliphatic rings. The summed E-state index contributed by atoms with van der Waals surface area (Å²) in [4.78, 5) is 4.23. The predicted octanol–water partition coefficient (Wildman–Crippen LogP) is 2.69. The average molecular weight is 251 g/mol. The van der Waals surface area contributed by atoms with Gasteiger partial charge >= 0.3 is 0 Å². The zero-order valence-corrected chi connectivity index (χ0v) is 10.6. The number of nitrogens with zero attached hydrogens (tertiary/aromatic N) is 2. The minimum Gasteiger partial charge on any atom is -0.368 e. The van der Waals surface area contributed by atoms with Crippen LogP contribution in [0.5, 0.6) is 0 Å². The van der Waals surface area contributed by atoms with Gasteiger partial charge in [0.25, 0.3) is 0 Å². The molecule has 0 bridgehead atoms. The first-order valence-electron chi connectivity index (χ1n) is 6.28. The number of halogens is 1. The minimum absolute atomic E-state index is 0.462. The number of piperidine rings is 1. The zero-order chi connectivity index (χ0) is 11.7. The van der Waals surface area contributed by atoms with Crippen LogP contribution in [-0.4, -0.2) is 24.1 Å². The Morgan fingerprint density at radius 1 is 1.35 bits per heavy atom. The van der Waals surface area contributed by atoms with Crippen LogP contribution in [0.25, 0.3) is 0 Å². The standard InChI is InChI=1S/C13H17ClN3/c14-10-1-2-12(16-8-10)17-9-11-7-13(3-4-13)5-6-15-11/h1-2,8,11H,3-7,9H2,(H,16,17)/t11-/m0/s1. The molecule has 1 atom stereocenters. The summed E-state index contributed by atoms with van der Waals surface area (Å²) in [6, 6.07) is 4.23. The summed E-state index contributed by atoms with van der Waals surface area (Å²) in [5.74, 6) is 0.889. The van der Waals surface area contributed by atoms with Crippen molar-refractivity contribution in [1.29, 1.82) is 0 Å². The van der Waals surface area contributed by atoms with Crippen LogP contribution in [0.15, 0.2) is 18.3 Å². The van der Waals surface area contributed by atoms with Gasteiger partial charge in [0.05, 0.1) is 5.02 Å². The maximum Gasteiger partial charge on any atom is 0.126 e. The Kier molecular flexibility index (Phi) is 2.97. The van der Waals surface area contributed by atoms with Crippen molar-refractivity contribution in [2.24, 2.45) is 5.41 Å². The van der Waals surface area contributed by atoms with Crippen LogP contribution in [0, 0.1) is 5.41 Å². The predicted molar refractivity (Wildman–Crippen MR) is 69.4 cm³/mol. The first kappa shape index (κ1) is 11.3. The average Bonchev–Trinajstić information content (AvgIpc) is 3.08. The molecule has 0 unspecified atom stereocenters. The third-order valence-corrected chi connectivity index (χ3v) is 4.12. The van der Waals surface area contributed by atoms with Gasteiger partial charge in [0.15, 0.2) is 0 Å². The molecule has 0 aromatic carbocycles. The number of hydrogen-bond donors (Lipinski definition) is 1. The number of hydrogen-bond acceptors (Lipinski definition) is 2. The Morgan fingerprint density at radius 2 is 2.24 bits per heavy atom. The molecule has 1 radical (unpaired) electrons. The molecular formula is C13H17ClN3. The van der Waals surface area contributed by atoms with Crippen molar-refractivity contribution in [3.8, 4) is 0 Å². The first-order valence-corrected chi connectivity index (χ1v) is 6.66. The quantitative estimate of drug-likeness (QED) is 0.896. The maximum atomic E-state index is 5.80. The molecular weight excluding hydrogens is 234 g/mol. The van der Waals surface area contributed by atoms with E-state index >= 15 is 0 Å². The van der Waals surface area contributed by atoms with Crippen molar-refractivity contribution >= 4 is 17.4 Å². The molecule has 1 aromatic rings. The summed E-state index contributed by atoms with van der Waals surface area (Å²) in [5.41, 5.74) is 0.668. The highest BCUT2D eigenvalue weighted by atomic mass is 35.5. The Hall–Kier alpha value is -0.800. The molecule has 1 N–H and O–H groups in total. The molecule has 1 aliphatic heterocycles. The van der Waals surface area contributed by atoms with Crippen molar-refractivity contribution in [1.82, 2.24) is 10.3 Å². The van der Waals surface area contributed by atoms with Gasteiger partial charge in [-0.1, -0.05) is 11.6 Å². The molecule has 91 valence electrons. The van der Waals surface area contributed by atoms with Gasteiger partial charge in [-0.15, -0.1) is 0 Å². The Morgan fingerprint density at radius 3 is 2.94 bits per heavy atom. The van der Waals surface area contributed by atoms with Gasteiger partial charge in [0.2, 0.25) is 0 Å². The molecule has 4 heteroatoms. The molecule has 1 saturated carbocycles. The van der Waals surface area contributed by atoms with Crippen molar-refractivity contribution in [3.05, 3.63) is 23.4 Å². The SMILES string of the molecule is Clc1ccc(NC[C@@H]2CC3(CC[N]2)CC3)nc1. The fraction of sp³-hybridized carbons (Fsp3) is 0.615. The van der Waals surface area contributed by atoms with E-state index in [1.807, 2.05) is 12.1 Å². The smallest absolute Gasteiger partial charge is 0.126 e. The summed E-state index contributed by atoms with van der Waals surface area (Å²) in [7, 11) is 0. The minimum atomic E-state index is 0.462. The normalized spacial score (nSPS) is 25.8. The number of nitrogens with one attached hydrogen (secondary N) is 1. The molecule has 1 aliphatic carbocycles. The third kappa shape index (κ3) is 2.72. The van der Waals surface area contributed by atoms with Crippen LogP contribution in [-0.2, 0) is 0 Å².